The highest BCUT2D eigenvalue weighted by molar-refractivity contribution is 5.73. The van der Waals surface area contributed by atoms with Crippen molar-refractivity contribution < 1.29 is 9.21 Å². The molecule has 1 heterocycles. The van der Waals surface area contributed by atoms with Crippen LogP contribution in [0.1, 0.15) is 41.7 Å². The molecule has 1 amide bonds. The number of carbonyl (C=O) groups excluding carboxylic acids is 1. The Morgan fingerprint density at radius 2 is 1.73 bits per heavy atom. The Kier molecular flexibility index (Phi) is 5.90. The highest BCUT2D eigenvalue weighted by Gasteiger charge is 2.19. The van der Waals surface area contributed by atoms with Crippen molar-refractivity contribution in [1.29, 1.82) is 0 Å². The van der Waals surface area contributed by atoms with Crippen LogP contribution in [0.3, 0.4) is 0 Å². The van der Waals surface area contributed by atoms with Gasteiger partial charge < -0.3 is 9.32 Å². The molecule has 134 valence electrons. The summed E-state index contributed by atoms with van der Waals surface area (Å²) < 4.78 is 5.69. The average molecular weight is 347 g/mol. The molecule has 0 aliphatic carbocycles. The largest absolute Gasteiger partial charge is 0.469 e. The molecule has 1 aromatic heterocycles. The minimum absolute atomic E-state index is 0.0935. The topological polar surface area (TPSA) is 33.5 Å². The van der Waals surface area contributed by atoms with E-state index < -0.39 is 0 Å². The van der Waals surface area contributed by atoms with Crippen molar-refractivity contribution in [3.05, 3.63) is 95.4 Å². The quantitative estimate of drug-likeness (QED) is 0.591. The third-order valence-electron chi connectivity index (χ3n) is 4.72. The maximum atomic E-state index is 12.1. The lowest BCUT2D eigenvalue weighted by atomic mass is 9.92. The Hall–Kier alpha value is -2.81. The zero-order valence-electron chi connectivity index (χ0n) is 15.4. The van der Waals surface area contributed by atoms with Gasteiger partial charge in [-0.1, -0.05) is 60.2 Å². The molecular formula is C23H25NO2. The third-order valence-corrected chi connectivity index (χ3v) is 4.72. The Balaban J connectivity index is 1.75. The Bertz CT molecular complexity index is 807. The maximum Gasteiger partial charge on any atom is 0.219 e. The van der Waals surface area contributed by atoms with Crippen LogP contribution >= 0.6 is 0 Å². The van der Waals surface area contributed by atoms with Crippen LogP contribution < -0.4 is 0 Å². The molecule has 1 unspecified atom stereocenters. The number of amides is 1. The smallest absolute Gasteiger partial charge is 0.219 e. The Morgan fingerprint density at radius 1 is 1.00 bits per heavy atom. The van der Waals surface area contributed by atoms with Crippen LogP contribution in [0.2, 0.25) is 0 Å². The molecule has 0 radical (unpaired) electrons. The van der Waals surface area contributed by atoms with Crippen molar-refractivity contribution in [2.24, 2.45) is 0 Å². The minimum Gasteiger partial charge on any atom is -0.469 e. The molecule has 3 heteroatoms. The molecular weight excluding hydrogens is 322 g/mol. The summed E-state index contributed by atoms with van der Waals surface area (Å²) in [5.41, 5.74) is 3.60. The molecule has 3 nitrogen and oxygen atoms in total. The maximum absolute atomic E-state index is 12.1. The van der Waals surface area contributed by atoms with Crippen molar-refractivity contribution in [2.45, 2.75) is 32.7 Å². The number of carbonyl (C=O) groups is 1. The second-order valence-corrected chi connectivity index (χ2v) is 6.69. The van der Waals surface area contributed by atoms with E-state index in [0.29, 0.717) is 13.1 Å². The van der Waals surface area contributed by atoms with Gasteiger partial charge in [0, 0.05) is 25.9 Å². The van der Waals surface area contributed by atoms with Gasteiger partial charge in [0.1, 0.15) is 5.76 Å². The molecule has 0 aliphatic heterocycles. The fraction of sp³-hybridized carbons (Fsp3) is 0.261. The van der Waals surface area contributed by atoms with Crippen LogP contribution in [0, 0.1) is 6.92 Å². The lowest BCUT2D eigenvalue weighted by Crippen LogP contribution is -2.30. The van der Waals surface area contributed by atoms with Gasteiger partial charge in [0.25, 0.3) is 0 Å². The zero-order chi connectivity index (χ0) is 18.4. The van der Waals surface area contributed by atoms with Crippen LogP contribution in [-0.2, 0) is 11.3 Å². The molecule has 0 saturated heterocycles. The first-order valence-electron chi connectivity index (χ1n) is 9.03. The van der Waals surface area contributed by atoms with Crippen LogP contribution in [0.25, 0.3) is 0 Å². The number of hydrogen-bond acceptors (Lipinski definition) is 2. The van der Waals surface area contributed by atoms with Crippen molar-refractivity contribution in [3.8, 4) is 0 Å². The predicted octanol–water partition coefficient (Wildman–Crippen LogP) is 5.16. The Morgan fingerprint density at radius 3 is 2.35 bits per heavy atom. The summed E-state index contributed by atoms with van der Waals surface area (Å²) in [5.74, 6) is 1.18. The fourth-order valence-electron chi connectivity index (χ4n) is 3.20. The molecule has 3 aromatic rings. The summed E-state index contributed by atoms with van der Waals surface area (Å²) in [4.78, 5) is 14.0. The van der Waals surface area contributed by atoms with E-state index in [0.717, 1.165) is 17.7 Å². The van der Waals surface area contributed by atoms with Gasteiger partial charge in [0.05, 0.1) is 6.26 Å². The van der Waals surface area contributed by atoms with Gasteiger partial charge in [-0.05, 0) is 36.6 Å². The van der Waals surface area contributed by atoms with E-state index >= 15 is 0 Å². The lowest BCUT2D eigenvalue weighted by Gasteiger charge is -2.24. The Labute approximate surface area is 155 Å². The van der Waals surface area contributed by atoms with E-state index in [9.17, 15) is 4.79 Å². The van der Waals surface area contributed by atoms with Gasteiger partial charge in [-0.15, -0.1) is 0 Å². The highest BCUT2D eigenvalue weighted by Crippen LogP contribution is 2.29. The van der Waals surface area contributed by atoms with Gasteiger partial charge in [-0.2, -0.15) is 0 Å². The van der Waals surface area contributed by atoms with Crippen LogP contribution in [0.5, 0.6) is 0 Å². The van der Waals surface area contributed by atoms with Crippen molar-refractivity contribution in [1.82, 2.24) is 4.90 Å². The molecule has 0 N–H and O–H groups in total. The summed E-state index contributed by atoms with van der Waals surface area (Å²) in [6.45, 7) is 5.04. The van der Waals surface area contributed by atoms with E-state index in [1.54, 1.807) is 13.2 Å². The summed E-state index contributed by atoms with van der Waals surface area (Å²) in [6.07, 6.45) is 2.53. The van der Waals surface area contributed by atoms with Gasteiger partial charge in [-0.25, -0.2) is 0 Å². The summed E-state index contributed by atoms with van der Waals surface area (Å²) in [7, 11) is 0. The van der Waals surface area contributed by atoms with Gasteiger partial charge in [-0.3, -0.25) is 4.79 Å². The van der Waals surface area contributed by atoms with Gasteiger partial charge in [0.15, 0.2) is 0 Å². The molecule has 0 saturated carbocycles. The fourth-order valence-corrected chi connectivity index (χ4v) is 3.20. The van der Waals surface area contributed by atoms with E-state index in [4.69, 9.17) is 4.42 Å². The molecule has 2 aromatic carbocycles. The monoisotopic (exact) mass is 347 g/mol. The zero-order valence-corrected chi connectivity index (χ0v) is 15.4. The number of benzene rings is 2. The van der Waals surface area contributed by atoms with E-state index in [1.807, 2.05) is 35.2 Å². The summed E-state index contributed by atoms with van der Waals surface area (Å²) in [6, 6.07) is 22.6. The average Bonchev–Trinajstić information content (AvgIpc) is 3.17. The first kappa shape index (κ1) is 18.0. The van der Waals surface area contributed by atoms with Gasteiger partial charge >= 0.3 is 0 Å². The number of aryl methyl sites for hydroxylation is 1. The third kappa shape index (κ3) is 4.63. The highest BCUT2D eigenvalue weighted by atomic mass is 16.3. The molecule has 3 rings (SSSR count). The van der Waals surface area contributed by atoms with E-state index in [1.165, 1.54) is 11.1 Å². The van der Waals surface area contributed by atoms with Crippen molar-refractivity contribution in [2.75, 3.05) is 6.54 Å². The normalized spacial score (nSPS) is 11.9. The summed E-state index contributed by atoms with van der Waals surface area (Å²) in [5, 5.41) is 0. The SMILES string of the molecule is CC(=O)N(CCC(c1ccc(C)cc1)c1ccco1)Cc1ccccc1. The number of hydrogen-bond donors (Lipinski definition) is 0. The van der Waals surface area contributed by atoms with Crippen LogP contribution in [-0.4, -0.2) is 17.4 Å². The number of nitrogens with zero attached hydrogens (tertiary/aromatic N) is 1. The molecule has 0 spiro atoms. The van der Waals surface area contributed by atoms with Gasteiger partial charge in [0.2, 0.25) is 5.91 Å². The first-order chi connectivity index (χ1) is 12.6. The second kappa shape index (κ2) is 8.52. The molecule has 0 bridgehead atoms. The second-order valence-electron chi connectivity index (χ2n) is 6.69. The number of rotatable bonds is 7. The standard InChI is InChI=1S/C23H25NO2/c1-18-10-12-21(13-11-18)22(23-9-6-16-26-23)14-15-24(19(2)25)17-20-7-4-3-5-8-20/h3-13,16,22H,14-15,17H2,1-2H3. The lowest BCUT2D eigenvalue weighted by molar-refractivity contribution is -0.129. The van der Waals surface area contributed by atoms with Crippen molar-refractivity contribution >= 4 is 5.91 Å². The van der Waals surface area contributed by atoms with Crippen molar-refractivity contribution in [3.63, 3.8) is 0 Å². The van der Waals surface area contributed by atoms with Crippen LogP contribution in [0.4, 0.5) is 0 Å². The minimum atomic E-state index is 0.0935. The predicted molar refractivity (Wildman–Crippen MR) is 104 cm³/mol. The molecule has 0 fully saturated rings. The van der Waals surface area contributed by atoms with E-state index in [2.05, 4.69) is 43.3 Å². The molecule has 1 atom stereocenters. The van der Waals surface area contributed by atoms with E-state index in [-0.39, 0.29) is 11.8 Å². The summed E-state index contributed by atoms with van der Waals surface area (Å²) >= 11 is 0. The molecule has 0 aliphatic rings. The van der Waals surface area contributed by atoms with Crippen LogP contribution in [0.15, 0.2) is 77.4 Å². The molecule has 26 heavy (non-hydrogen) atoms. The first-order valence-corrected chi connectivity index (χ1v) is 9.03. The number of furan rings is 1.